The van der Waals surface area contributed by atoms with Gasteiger partial charge >= 0.3 is 0 Å². The number of imide groups is 1. The highest BCUT2D eigenvalue weighted by atomic mass is 16.2. The molecule has 42 heavy (non-hydrogen) atoms. The zero-order chi connectivity index (χ0) is 29.3. The molecular formula is C37H27N3O2. The largest absolute Gasteiger partial charge is 0.308 e. The fourth-order valence-corrected chi connectivity index (χ4v) is 6.72. The molecule has 0 radical (unpaired) electrons. The number of fused-ring (bicyclic) bond motifs is 4. The average molecular weight is 546 g/mol. The molecule has 0 unspecified atom stereocenters. The predicted molar refractivity (Wildman–Crippen MR) is 167 cm³/mol. The number of carbonyl (C=O) groups excluding carboxylic acids is 2. The van der Waals surface area contributed by atoms with Crippen molar-refractivity contribution < 1.29 is 9.59 Å². The molecule has 0 bridgehead atoms. The molecule has 0 spiro atoms. The summed E-state index contributed by atoms with van der Waals surface area (Å²) < 4.78 is 2.11. The van der Waals surface area contributed by atoms with Crippen LogP contribution in [0.25, 0.3) is 38.6 Å². The zero-order valence-corrected chi connectivity index (χ0v) is 23.8. The second-order valence-electron chi connectivity index (χ2n) is 11.1. The van der Waals surface area contributed by atoms with E-state index in [-0.39, 0.29) is 11.8 Å². The maximum absolute atomic E-state index is 14.2. The quantitative estimate of drug-likeness (QED) is 0.210. The van der Waals surface area contributed by atoms with E-state index in [0.29, 0.717) is 28.1 Å². The molecule has 5 nitrogen and oxygen atoms in total. The van der Waals surface area contributed by atoms with Gasteiger partial charge in [0.25, 0.3) is 11.8 Å². The van der Waals surface area contributed by atoms with Crippen LogP contribution in [-0.2, 0) is 0 Å². The minimum absolute atomic E-state index is 0.304. The monoisotopic (exact) mass is 545 g/mol. The molecule has 1 aromatic heterocycles. The SMILES string of the molecule is Cc1cc(C)c(N2C(=O)c3cccc(-n4c5ccccc5c5c(-c6ccc(C#N)cc6C)cccc54)c3C2=O)c(C)c1. The third-order valence-corrected chi connectivity index (χ3v) is 8.34. The number of aromatic nitrogens is 1. The van der Waals surface area contributed by atoms with E-state index in [1.165, 1.54) is 4.90 Å². The lowest BCUT2D eigenvalue weighted by Crippen LogP contribution is -2.31. The predicted octanol–water partition coefficient (Wildman–Crippen LogP) is 8.36. The van der Waals surface area contributed by atoms with Gasteiger partial charge in [-0.15, -0.1) is 0 Å². The zero-order valence-electron chi connectivity index (χ0n) is 23.8. The summed E-state index contributed by atoms with van der Waals surface area (Å²) in [6.45, 7) is 7.92. The molecule has 0 saturated carbocycles. The Balaban J connectivity index is 1.50. The summed E-state index contributed by atoms with van der Waals surface area (Å²) in [5.41, 5.74) is 10.6. The van der Waals surface area contributed by atoms with Crippen LogP contribution in [0.1, 0.15) is 48.5 Å². The summed E-state index contributed by atoms with van der Waals surface area (Å²) in [7, 11) is 0. The molecule has 6 aromatic rings. The van der Waals surface area contributed by atoms with Gasteiger partial charge < -0.3 is 4.57 Å². The Bertz CT molecular complexity index is 2170. The second-order valence-corrected chi connectivity index (χ2v) is 11.1. The van der Waals surface area contributed by atoms with Crippen molar-refractivity contribution in [2.45, 2.75) is 27.7 Å². The van der Waals surface area contributed by atoms with Crippen molar-refractivity contribution in [1.82, 2.24) is 4.57 Å². The first kappa shape index (κ1) is 25.5. The van der Waals surface area contributed by atoms with E-state index in [4.69, 9.17) is 0 Å². The number of carbonyl (C=O) groups is 2. The highest BCUT2D eigenvalue weighted by Gasteiger charge is 2.40. The number of hydrogen-bond donors (Lipinski definition) is 0. The Morgan fingerprint density at radius 1 is 0.643 bits per heavy atom. The Morgan fingerprint density at radius 2 is 1.33 bits per heavy atom. The van der Waals surface area contributed by atoms with E-state index in [2.05, 4.69) is 34.9 Å². The van der Waals surface area contributed by atoms with Crippen LogP contribution < -0.4 is 4.90 Å². The second kappa shape index (κ2) is 9.29. The standard InChI is InChI=1S/C37H27N3O2/c1-21-17-23(3)35(24(4)18-21)40-36(41)29-11-8-14-32(34(29)37(40)42)39-30-12-6-5-9-28(30)33-27(10-7-13-31(33)39)26-16-15-25(20-38)19-22(26)2/h5-19H,1-4H3. The van der Waals surface area contributed by atoms with Gasteiger partial charge in [-0.3, -0.25) is 9.59 Å². The summed E-state index contributed by atoms with van der Waals surface area (Å²) in [6.07, 6.45) is 0. The van der Waals surface area contributed by atoms with Crippen molar-refractivity contribution in [3.8, 4) is 22.9 Å². The molecular weight excluding hydrogens is 518 g/mol. The number of benzene rings is 5. The summed E-state index contributed by atoms with van der Waals surface area (Å²) in [6, 6.07) is 31.9. The van der Waals surface area contributed by atoms with Crippen molar-refractivity contribution in [3.05, 3.63) is 130 Å². The van der Waals surface area contributed by atoms with Crippen LogP contribution >= 0.6 is 0 Å². The lowest BCUT2D eigenvalue weighted by atomic mass is 9.95. The molecule has 2 amide bonds. The van der Waals surface area contributed by atoms with Crippen molar-refractivity contribution >= 4 is 39.3 Å². The lowest BCUT2D eigenvalue weighted by molar-refractivity contribution is 0.0925. The lowest BCUT2D eigenvalue weighted by Gasteiger charge is -2.20. The minimum Gasteiger partial charge on any atom is -0.308 e. The highest BCUT2D eigenvalue weighted by molar-refractivity contribution is 6.36. The molecule has 1 aliphatic heterocycles. The number of nitriles is 1. The maximum atomic E-state index is 14.2. The summed E-state index contributed by atoms with van der Waals surface area (Å²) >= 11 is 0. The fraction of sp³-hybridized carbons (Fsp3) is 0.108. The first-order chi connectivity index (χ1) is 20.3. The molecule has 5 aromatic carbocycles. The maximum Gasteiger partial charge on any atom is 0.268 e. The van der Waals surface area contributed by atoms with Crippen LogP contribution in [0.15, 0.2) is 91.0 Å². The van der Waals surface area contributed by atoms with Gasteiger partial charge in [0.05, 0.1) is 45.2 Å². The summed E-state index contributed by atoms with van der Waals surface area (Å²) in [5, 5.41) is 11.5. The molecule has 0 aliphatic carbocycles. The van der Waals surface area contributed by atoms with Gasteiger partial charge in [0, 0.05) is 10.8 Å². The summed E-state index contributed by atoms with van der Waals surface area (Å²) in [4.78, 5) is 29.4. The number of hydrogen-bond acceptors (Lipinski definition) is 3. The average Bonchev–Trinajstić information content (AvgIpc) is 3.44. The van der Waals surface area contributed by atoms with Gasteiger partial charge in [0.15, 0.2) is 0 Å². The van der Waals surface area contributed by atoms with Gasteiger partial charge in [-0.05, 0) is 91.9 Å². The van der Waals surface area contributed by atoms with Crippen molar-refractivity contribution in [3.63, 3.8) is 0 Å². The van der Waals surface area contributed by atoms with E-state index in [1.54, 1.807) is 6.07 Å². The molecule has 2 heterocycles. The molecule has 7 rings (SSSR count). The normalized spacial score (nSPS) is 12.8. The first-order valence-corrected chi connectivity index (χ1v) is 13.9. The fourth-order valence-electron chi connectivity index (χ4n) is 6.72. The van der Waals surface area contributed by atoms with E-state index in [9.17, 15) is 14.9 Å². The van der Waals surface area contributed by atoms with Crippen LogP contribution in [0, 0.1) is 39.0 Å². The van der Waals surface area contributed by atoms with Crippen LogP contribution in [0.4, 0.5) is 5.69 Å². The van der Waals surface area contributed by atoms with Gasteiger partial charge in [0.2, 0.25) is 0 Å². The Hall–Kier alpha value is -5.47. The van der Waals surface area contributed by atoms with E-state index >= 15 is 0 Å². The Morgan fingerprint density at radius 3 is 2.07 bits per heavy atom. The van der Waals surface area contributed by atoms with Gasteiger partial charge in [0.1, 0.15) is 0 Å². The number of amides is 2. The van der Waals surface area contributed by atoms with E-state index in [1.807, 2.05) is 88.4 Å². The molecule has 1 aliphatic rings. The number of aryl methyl sites for hydroxylation is 4. The van der Waals surface area contributed by atoms with E-state index in [0.717, 1.165) is 55.2 Å². The molecule has 0 fully saturated rings. The summed E-state index contributed by atoms with van der Waals surface area (Å²) in [5.74, 6) is -0.618. The van der Waals surface area contributed by atoms with Crippen molar-refractivity contribution in [2.24, 2.45) is 0 Å². The van der Waals surface area contributed by atoms with E-state index < -0.39 is 0 Å². The van der Waals surface area contributed by atoms with Crippen LogP contribution in [0.5, 0.6) is 0 Å². The third kappa shape index (κ3) is 3.55. The Kier molecular flexibility index (Phi) is 5.64. The topological polar surface area (TPSA) is 66.1 Å². The van der Waals surface area contributed by atoms with Gasteiger partial charge in [-0.2, -0.15) is 5.26 Å². The number of anilines is 1. The van der Waals surface area contributed by atoms with Gasteiger partial charge in [-0.1, -0.05) is 60.2 Å². The van der Waals surface area contributed by atoms with Crippen molar-refractivity contribution in [1.29, 1.82) is 5.26 Å². The van der Waals surface area contributed by atoms with Crippen LogP contribution in [0.2, 0.25) is 0 Å². The third-order valence-electron chi connectivity index (χ3n) is 8.34. The number of rotatable bonds is 3. The highest BCUT2D eigenvalue weighted by Crippen LogP contribution is 2.42. The van der Waals surface area contributed by atoms with Crippen LogP contribution in [-0.4, -0.2) is 16.4 Å². The number of para-hydroxylation sites is 1. The number of nitrogens with zero attached hydrogens (tertiary/aromatic N) is 3. The van der Waals surface area contributed by atoms with Crippen molar-refractivity contribution in [2.75, 3.05) is 4.90 Å². The molecule has 202 valence electrons. The first-order valence-electron chi connectivity index (χ1n) is 13.9. The van der Waals surface area contributed by atoms with Crippen LogP contribution in [0.3, 0.4) is 0 Å². The molecule has 0 atom stereocenters. The Labute approximate surface area is 243 Å². The minimum atomic E-state index is -0.314. The smallest absolute Gasteiger partial charge is 0.268 e. The van der Waals surface area contributed by atoms with Gasteiger partial charge in [-0.25, -0.2) is 4.90 Å². The molecule has 5 heteroatoms. The molecule has 0 N–H and O–H groups in total. The molecule has 0 saturated heterocycles.